The number of halogens is 2. The van der Waals surface area contributed by atoms with Crippen molar-refractivity contribution >= 4 is 99.5 Å². The second-order valence-corrected chi connectivity index (χ2v) is 16.7. The summed E-state index contributed by atoms with van der Waals surface area (Å²) in [5.41, 5.74) is 16.2. The standard InChI is InChI=1S/C56H42F2N2O2/c1-31-25-45(26-32(2)35(31)5)59(41-13-9-39(57)10-14-41)43-17-21-47-37(29-43)7-19-49-53-51(61-55(47)49)23-24-52-54(53)50-20-8-38-30-44(18-22-48(38)56(50)62-52)60(42-15-11-40(58)12-16-42)46-27-33(3)36(6)34(4)28-46/h7-30H,1-6H3. The molecular weight excluding hydrogens is 771 g/mol. The van der Waals surface area contributed by atoms with Gasteiger partial charge in [0.05, 0.1) is 0 Å². The second-order valence-electron chi connectivity index (χ2n) is 16.7. The van der Waals surface area contributed by atoms with Gasteiger partial charge in [-0.3, -0.25) is 0 Å². The molecule has 2 heterocycles. The van der Waals surface area contributed by atoms with E-state index in [4.69, 9.17) is 8.83 Å². The average Bonchev–Trinajstić information content (AvgIpc) is 3.85. The molecule has 0 unspecified atom stereocenters. The summed E-state index contributed by atoms with van der Waals surface area (Å²) < 4.78 is 41.8. The molecule has 0 aliphatic carbocycles. The van der Waals surface area contributed by atoms with Gasteiger partial charge in [0.15, 0.2) is 0 Å². The minimum absolute atomic E-state index is 0.272. The Balaban J connectivity index is 1.04. The van der Waals surface area contributed by atoms with Crippen molar-refractivity contribution in [2.24, 2.45) is 0 Å². The molecule has 0 N–H and O–H groups in total. The molecule has 0 radical (unpaired) electrons. The molecule has 4 nitrogen and oxygen atoms in total. The Morgan fingerprint density at radius 2 is 0.677 bits per heavy atom. The molecule has 6 heteroatoms. The van der Waals surface area contributed by atoms with E-state index in [0.717, 1.165) is 99.5 Å². The SMILES string of the molecule is Cc1cc(N(c2ccc(F)cc2)c2ccc3c(ccc4c3oc3ccc5oc6c7ccc(N(c8ccc(F)cc8)c8cc(C)c(C)c(C)c8)cc7ccc6c5c34)c2)cc(C)c1C. The maximum Gasteiger partial charge on any atom is 0.143 e. The summed E-state index contributed by atoms with van der Waals surface area (Å²) in [5, 5.41) is 8.13. The lowest BCUT2D eigenvalue weighted by molar-refractivity contribution is 0.627. The maximum atomic E-state index is 14.2. The number of rotatable bonds is 6. The van der Waals surface area contributed by atoms with E-state index in [1.54, 1.807) is 0 Å². The first-order valence-corrected chi connectivity index (χ1v) is 20.9. The molecule has 0 atom stereocenters. The Kier molecular flexibility index (Phi) is 8.52. The van der Waals surface area contributed by atoms with Gasteiger partial charge in [-0.2, -0.15) is 0 Å². The van der Waals surface area contributed by atoms with E-state index in [9.17, 15) is 8.78 Å². The van der Waals surface area contributed by atoms with Crippen molar-refractivity contribution in [3.05, 3.63) is 191 Å². The lowest BCUT2D eigenvalue weighted by atomic mass is 9.99. The van der Waals surface area contributed by atoms with E-state index >= 15 is 0 Å². The van der Waals surface area contributed by atoms with Gasteiger partial charge < -0.3 is 18.6 Å². The monoisotopic (exact) mass is 812 g/mol. The van der Waals surface area contributed by atoms with Crippen LogP contribution in [0, 0.1) is 53.2 Å². The van der Waals surface area contributed by atoms with Crippen LogP contribution in [0.5, 0.6) is 0 Å². The molecule has 0 aliphatic rings. The molecule has 0 saturated heterocycles. The predicted molar refractivity (Wildman–Crippen MR) is 254 cm³/mol. The van der Waals surface area contributed by atoms with E-state index in [2.05, 4.69) is 136 Å². The molecule has 0 amide bonds. The van der Waals surface area contributed by atoms with Gasteiger partial charge >= 0.3 is 0 Å². The van der Waals surface area contributed by atoms with E-state index in [1.807, 2.05) is 36.4 Å². The van der Waals surface area contributed by atoms with Crippen molar-refractivity contribution in [2.75, 3.05) is 9.80 Å². The smallest absolute Gasteiger partial charge is 0.143 e. The lowest BCUT2D eigenvalue weighted by Gasteiger charge is -2.27. The Hall–Kier alpha value is -7.44. The van der Waals surface area contributed by atoms with Crippen LogP contribution in [0.1, 0.15) is 33.4 Å². The summed E-state index contributed by atoms with van der Waals surface area (Å²) in [6, 6.07) is 47.6. The van der Waals surface area contributed by atoms with Gasteiger partial charge in [0, 0.05) is 66.4 Å². The summed E-state index contributed by atoms with van der Waals surface area (Å²) in [7, 11) is 0. The van der Waals surface area contributed by atoms with Crippen LogP contribution >= 0.6 is 0 Å². The highest BCUT2D eigenvalue weighted by atomic mass is 19.1. The molecule has 0 saturated carbocycles. The molecule has 9 aromatic carbocycles. The van der Waals surface area contributed by atoms with Gasteiger partial charge in [0.1, 0.15) is 34.0 Å². The van der Waals surface area contributed by atoms with Crippen molar-refractivity contribution in [2.45, 2.75) is 41.5 Å². The molecule has 62 heavy (non-hydrogen) atoms. The minimum atomic E-state index is -0.272. The molecule has 11 aromatic rings. The highest BCUT2D eigenvalue weighted by molar-refractivity contribution is 6.30. The number of nitrogens with zero attached hydrogens (tertiary/aromatic N) is 2. The summed E-state index contributed by atoms with van der Waals surface area (Å²) >= 11 is 0. The number of hydrogen-bond donors (Lipinski definition) is 0. The van der Waals surface area contributed by atoms with Crippen LogP contribution in [0.2, 0.25) is 0 Å². The topological polar surface area (TPSA) is 32.8 Å². The van der Waals surface area contributed by atoms with Crippen LogP contribution in [0.25, 0.3) is 65.4 Å². The number of furan rings is 2. The minimum Gasteiger partial charge on any atom is -0.455 e. The first-order chi connectivity index (χ1) is 30.0. The molecule has 0 aliphatic heterocycles. The Morgan fingerprint density at radius 1 is 0.339 bits per heavy atom. The highest BCUT2D eigenvalue weighted by Crippen LogP contribution is 2.46. The van der Waals surface area contributed by atoms with E-state index < -0.39 is 0 Å². The van der Waals surface area contributed by atoms with Gasteiger partial charge in [-0.25, -0.2) is 8.78 Å². The van der Waals surface area contributed by atoms with Crippen molar-refractivity contribution in [1.29, 1.82) is 0 Å². The molecule has 0 bridgehead atoms. The summed E-state index contributed by atoms with van der Waals surface area (Å²) in [6.45, 7) is 12.8. The van der Waals surface area contributed by atoms with E-state index in [-0.39, 0.29) is 11.6 Å². The first kappa shape index (κ1) is 37.6. The highest BCUT2D eigenvalue weighted by Gasteiger charge is 2.22. The van der Waals surface area contributed by atoms with Crippen LogP contribution in [0.4, 0.5) is 42.9 Å². The predicted octanol–water partition coefficient (Wildman–Crippen LogP) is 16.9. The Bertz CT molecular complexity index is 3330. The largest absolute Gasteiger partial charge is 0.455 e. The summed E-state index contributed by atoms with van der Waals surface area (Å²) in [4.78, 5) is 4.36. The molecule has 2 aromatic heterocycles. The molecular formula is C56H42F2N2O2. The van der Waals surface area contributed by atoms with Crippen LogP contribution < -0.4 is 9.80 Å². The van der Waals surface area contributed by atoms with Crippen LogP contribution in [-0.2, 0) is 0 Å². The Morgan fingerprint density at radius 3 is 1.05 bits per heavy atom. The van der Waals surface area contributed by atoms with Crippen LogP contribution in [-0.4, -0.2) is 0 Å². The number of aryl methyl sites for hydroxylation is 4. The normalized spacial score (nSPS) is 11.9. The van der Waals surface area contributed by atoms with Crippen molar-refractivity contribution in [3.63, 3.8) is 0 Å². The number of hydrogen-bond acceptors (Lipinski definition) is 4. The van der Waals surface area contributed by atoms with Crippen molar-refractivity contribution < 1.29 is 17.6 Å². The van der Waals surface area contributed by atoms with Crippen molar-refractivity contribution in [3.8, 4) is 0 Å². The molecule has 11 rings (SSSR count). The molecule has 302 valence electrons. The van der Waals surface area contributed by atoms with Gasteiger partial charge in [0.2, 0.25) is 0 Å². The maximum absolute atomic E-state index is 14.2. The first-order valence-electron chi connectivity index (χ1n) is 20.9. The zero-order valence-electron chi connectivity index (χ0n) is 35.3. The van der Waals surface area contributed by atoms with Gasteiger partial charge in [0.25, 0.3) is 0 Å². The van der Waals surface area contributed by atoms with Gasteiger partial charge in [-0.1, -0.05) is 12.1 Å². The van der Waals surface area contributed by atoms with E-state index in [0.29, 0.717) is 0 Å². The van der Waals surface area contributed by atoms with Crippen molar-refractivity contribution in [1.82, 2.24) is 0 Å². The second kappa shape index (κ2) is 14.1. The number of anilines is 6. The number of fused-ring (bicyclic) bond motifs is 11. The zero-order valence-corrected chi connectivity index (χ0v) is 35.3. The fraction of sp³-hybridized carbons (Fsp3) is 0.107. The zero-order chi connectivity index (χ0) is 42.6. The van der Waals surface area contributed by atoms with Gasteiger partial charge in [-0.15, -0.1) is 0 Å². The van der Waals surface area contributed by atoms with E-state index in [1.165, 1.54) is 57.6 Å². The average molecular weight is 813 g/mol. The van der Waals surface area contributed by atoms with Crippen LogP contribution in [0.3, 0.4) is 0 Å². The summed E-state index contributed by atoms with van der Waals surface area (Å²) in [6.07, 6.45) is 0. The third kappa shape index (κ3) is 5.93. The fourth-order valence-electron chi connectivity index (χ4n) is 9.32. The third-order valence-corrected chi connectivity index (χ3v) is 13.0. The molecule has 0 spiro atoms. The lowest BCUT2D eigenvalue weighted by Crippen LogP contribution is -2.11. The summed E-state index contributed by atoms with van der Waals surface area (Å²) in [5.74, 6) is -0.544. The number of benzene rings is 9. The molecule has 0 fully saturated rings. The van der Waals surface area contributed by atoms with Crippen LogP contribution in [0.15, 0.2) is 154 Å². The quantitative estimate of drug-likeness (QED) is 0.167. The van der Waals surface area contributed by atoms with Gasteiger partial charge in [-0.05, 0) is 219 Å². The fourth-order valence-corrected chi connectivity index (χ4v) is 9.32. The third-order valence-electron chi connectivity index (χ3n) is 13.0. The Labute approximate surface area is 357 Å².